The van der Waals surface area contributed by atoms with Crippen molar-refractivity contribution in [2.24, 2.45) is 0 Å². The fourth-order valence-electron chi connectivity index (χ4n) is 1.39. The van der Waals surface area contributed by atoms with Crippen LogP contribution >= 0.6 is 0 Å². The van der Waals surface area contributed by atoms with Crippen molar-refractivity contribution >= 4 is 0 Å². The molecule has 0 amide bonds. The first-order chi connectivity index (χ1) is 6.37. The zero-order valence-corrected chi connectivity index (χ0v) is 7.10. The van der Waals surface area contributed by atoms with Crippen LogP contribution in [0, 0.1) is 0 Å². The lowest BCUT2D eigenvalue weighted by Crippen LogP contribution is -2.30. The molecule has 1 aliphatic rings. The van der Waals surface area contributed by atoms with E-state index in [-0.39, 0.29) is 6.61 Å². The van der Waals surface area contributed by atoms with Gasteiger partial charge in [0.15, 0.2) is 5.60 Å². The Morgan fingerprint density at radius 1 is 1.31 bits per heavy atom. The Morgan fingerprint density at radius 2 is 2.08 bits per heavy atom. The molecule has 1 atom stereocenters. The minimum atomic E-state index is -0.707. The Morgan fingerprint density at radius 3 is 2.62 bits per heavy atom. The fraction of sp³-hybridized carbons (Fsp3) is 0.200. The van der Waals surface area contributed by atoms with Gasteiger partial charge in [-0.15, -0.1) is 0 Å². The van der Waals surface area contributed by atoms with Crippen LogP contribution in [0.3, 0.4) is 0 Å². The van der Waals surface area contributed by atoms with Crippen LogP contribution in [-0.2, 0) is 10.4 Å². The van der Waals surface area contributed by atoms with Crippen LogP contribution in [-0.4, -0.2) is 11.7 Å². The van der Waals surface area contributed by atoms with E-state index in [1.807, 2.05) is 36.4 Å². The van der Waals surface area contributed by atoms with Gasteiger partial charge in [0.1, 0.15) is 0 Å². The van der Waals surface area contributed by atoms with Gasteiger partial charge in [-0.05, 0) is 11.6 Å². The van der Waals surface area contributed by atoms with Crippen molar-refractivity contribution in [3.8, 4) is 0 Å². The van der Waals surface area contributed by atoms with E-state index in [1.165, 1.54) is 0 Å². The minimum Gasteiger partial charge on any atom is -0.393 e. The van der Waals surface area contributed by atoms with E-state index in [9.17, 15) is 5.11 Å². The van der Waals surface area contributed by atoms with E-state index in [4.69, 9.17) is 4.84 Å². The van der Waals surface area contributed by atoms with Crippen LogP contribution in [0.15, 0.2) is 42.6 Å². The van der Waals surface area contributed by atoms with Gasteiger partial charge in [0.25, 0.3) is 0 Å². The predicted molar refractivity (Wildman–Crippen MR) is 48.6 cm³/mol. The summed E-state index contributed by atoms with van der Waals surface area (Å²) < 4.78 is 0. The van der Waals surface area contributed by atoms with Crippen LogP contribution in [0.1, 0.15) is 5.56 Å². The molecule has 0 aliphatic carbocycles. The zero-order chi connectivity index (χ0) is 9.15. The number of hydroxylamine groups is 1. The number of hydrogen-bond acceptors (Lipinski definition) is 3. The Kier molecular flexibility index (Phi) is 2.04. The highest BCUT2D eigenvalue weighted by molar-refractivity contribution is 5.28. The molecule has 3 heteroatoms. The van der Waals surface area contributed by atoms with E-state index in [0.29, 0.717) is 0 Å². The zero-order valence-electron chi connectivity index (χ0n) is 7.10. The molecular weight excluding hydrogens is 166 g/mol. The van der Waals surface area contributed by atoms with Crippen molar-refractivity contribution < 1.29 is 9.94 Å². The molecule has 68 valence electrons. The topological polar surface area (TPSA) is 41.5 Å². The molecule has 13 heavy (non-hydrogen) atoms. The van der Waals surface area contributed by atoms with Gasteiger partial charge in [0.05, 0.1) is 6.61 Å². The molecule has 1 aromatic carbocycles. The summed E-state index contributed by atoms with van der Waals surface area (Å²) in [6, 6.07) is 9.62. The van der Waals surface area contributed by atoms with Crippen LogP contribution in [0.2, 0.25) is 0 Å². The van der Waals surface area contributed by atoms with Gasteiger partial charge in [0.2, 0.25) is 0 Å². The van der Waals surface area contributed by atoms with Crippen molar-refractivity contribution in [2.75, 3.05) is 6.61 Å². The number of aliphatic hydroxyl groups excluding tert-OH is 1. The quantitative estimate of drug-likeness (QED) is 0.706. The molecule has 0 spiro atoms. The summed E-state index contributed by atoms with van der Waals surface area (Å²) in [4.78, 5) is 5.26. The van der Waals surface area contributed by atoms with Crippen molar-refractivity contribution in [3.05, 3.63) is 48.2 Å². The molecule has 2 N–H and O–H groups in total. The average Bonchev–Trinajstić information content (AvgIpc) is 2.69. The predicted octanol–water partition coefficient (Wildman–Crippen LogP) is 0.923. The number of nitrogens with one attached hydrogen (secondary N) is 1. The van der Waals surface area contributed by atoms with Gasteiger partial charge < -0.3 is 5.11 Å². The average molecular weight is 177 g/mol. The van der Waals surface area contributed by atoms with Crippen LogP contribution < -0.4 is 5.48 Å². The van der Waals surface area contributed by atoms with E-state index in [2.05, 4.69) is 5.48 Å². The summed E-state index contributed by atoms with van der Waals surface area (Å²) in [6.07, 6.45) is 3.49. The van der Waals surface area contributed by atoms with Crippen molar-refractivity contribution in [1.82, 2.24) is 5.48 Å². The van der Waals surface area contributed by atoms with E-state index >= 15 is 0 Å². The lowest BCUT2D eigenvalue weighted by atomic mass is 9.95. The Balaban J connectivity index is 2.37. The van der Waals surface area contributed by atoms with Gasteiger partial charge in [-0.1, -0.05) is 30.3 Å². The van der Waals surface area contributed by atoms with Gasteiger partial charge in [-0.3, -0.25) is 10.3 Å². The SMILES string of the molecule is OCC1(c2ccccc2)C=CNO1. The number of rotatable bonds is 2. The first-order valence-electron chi connectivity index (χ1n) is 4.15. The van der Waals surface area contributed by atoms with Crippen molar-refractivity contribution in [3.63, 3.8) is 0 Å². The third-order valence-corrected chi connectivity index (χ3v) is 2.16. The van der Waals surface area contributed by atoms with Crippen LogP contribution in [0.25, 0.3) is 0 Å². The van der Waals surface area contributed by atoms with Gasteiger partial charge in [0, 0.05) is 6.20 Å². The summed E-state index contributed by atoms with van der Waals surface area (Å²) >= 11 is 0. The highest BCUT2D eigenvalue weighted by Crippen LogP contribution is 2.28. The largest absolute Gasteiger partial charge is 0.393 e. The Labute approximate surface area is 76.6 Å². The summed E-state index contributed by atoms with van der Waals surface area (Å²) in [5, 5.41) is 9.25. The maximum atomic E-state index is 9.25. The fourth-order valence-corrected chi connectivity index (χ4v) is 1.39. The van der Waals surface area contributed by atoms with Crippen molar-refractivity contribution in [2.45, 2.75) is 5.60 Å². The summed E-state index contributed by atoms with van der Waals surface area (Å²) in [5.41, 5.74) is 2.86. The maximum Gasteiger partial charge on any atom is 0.164 e. The van der Waals surface area contributed by atoms with E-state index < -0.39 is 5.60 Å². The highest BCUT2D eigenvalue weighted by Gasteiger charge is 2.33. The molecule has 1 aromatic rings. The van der Waals surface area contributed by atoms with Crippen LogP contribution in [0.5, 0.6) is 0 Å². The summed E-state index contributed by atoms with van der Waals surface area (Å²) in [7, 11) is 0. The highest BCUT2D eigenvalue weighted by atomic mass is 16.7. The second-order valence-electron chi connectivity index (χ2n) is 2.97. The third kappa shape index (κ3) is 1.32. The monoisotopic (exact) mass is 177 g/mol. The first-order valence-corrected chi connectivity index (χ1v) is 4.15. The molecule has 0 bridgehead atoms. The molecular formula is C10H11NO2. The molecule has 2 rings (SSSR count). The smallest absolute Gasteiger partial charge is 0.164 e. The molecule has 0 radical (unpaired) electrons. The molecule has 1 aliphatic heterocycles. The molecule has 0 saturated carbocycles. The van der Waals surface area contributed by atoms with Gasteiger partial charge in [-0.25, -0.2) is 0 Å². The number of hydrogen-bond donors (Lipinski definition) is 2. The number of benzene rings is 1. The number of aliphatic hydroxyl groups is 1. The second kappa shape index (κ2) is 3.20. The molecule has 0 fully saturated rings. The third-order valence-electron chi connectivity index (χ3n) is 2.16. The minimum absolute atomic E-state index is 0.0689. The molecule has 0 aromatic heterocycles. The summed E-state index contributed by atoms with van der Waals surface area (Å²) in [5.74, 6) is 0. The van der Waals surface area contributed by atoms with Gasteiger partial charge >= 0.3 is 0 Å². The first kappa shape index (κ1) is 8.29. The van der Waals surface area contributed by atoms with Crippen LogP contribution in [0.4, 0.5) is 0 Å². The van der Waals surface area contributed by atoms with Gasteiger partial charge in [-0.2, -0.15) is 0 Å². The second-order valence-corrected chi connectivity index (χ2v) is 2.97. The lowest BCUT2D eigenvalue weighted by Gasteiger charge is -2.23. The maximum absolute atomic E-state index is 9.25. The molecule has 0 saturated heterocycles. The van der Waals surface area contributed by atoms with E-state index in [0.717, 1.165) is 5.56 Å². The lowest BCUT2D eigenvalue weighted by molar-refractivity contribution is -0.0723. The molecule has 1 unspecified atom stereocenters. The van der Waals surface area contributed by atoms with E-state index in [1.54, 1.807) is 6.20 Å². The Hall–Kier alpha value is -1.32. The molecule has 3 nitrogen and oxygen atoms in total. The summed E-state index contributed by atoms with van der Waals surface area (Å²) in [6.45, 7) is -0.0689. The Bertz CT molecular complexity index is 310. The molecule has 1 heterocycles. The normalized spacial score (nSPS) is 25.9. The van der Waals surface area contributed by atoms with Crippen molar-refractivity contribution in [1.29, 1.82) is 0 Å². The standard InChI is InChI=1S/C10H11NO2/c12-8-10(6-7-11-13-10)9-4-2-1-3-5-9/h1-7,11-12H,8H2.